The Balaban J connectivity index is 0.00000147. The minimum Gasteiger partial charge on any atom is -0.314 e. The molecule has 1 aromatic rings. The van der Waals surface area contributed by atoms with E-state index >= 15 is 0 Å². The van der Waals surface area contributed by atoms with E-state index in [4.69, 9.17) is 23.2 Å². The molecule has 0 spiro atoms. The monoisotopic (exact) mass is 334 g/mol. The Labute approximate surface area is 137 Å². The van der Waals surface area contributed by atoms with Gasteiger partial charge in [-0.2, -0.15) is 0 Å². The van der Waals surface area contributed by atoms with E-state index in [0.717, 1.165) is 23.5 Å². The fourth-order valence-corrected chi connectivity index (χ4v) is 4.03. The average Bonchev–Trinajstić information content (AvgIpc) is 2.85. The topological polar surface area (TPSA) is 15.3 Å². The number of rotatable bonds is 2. The van der Waals surface area contributed by atoms with Gasteiger partial charge in [0.15, 0.2) is 0 Å². The molecule has 2 fully saturated rings. The van der Waals surface area contributed by atoms with E-state index in [0.29, 0.717) is 11.1 Å². The molecule has 3 unspecified atom stereocenters. The van der Waals surface area contributed by atoms with Crippen molar-refractivity contribution in [3.63, 3.8) is 0 Å². The Morgan fingerprint density at radius 3 is 2.85 bits per heavy atom. The van der Waals surface area contributed by atoms with Gasteiger partial charge in [-0.25, -0.2) is 0 Å². The molecule has 20 heavy (non-hydrogen) atoms. The van der Waals surface area contributed by atoms with Crippen LogP contribution < -0.4 is 5.32 Å². The molecule has 112 valence electrons. The summed E-state index contributed by atoms with van der Waals surface area (Å²) in [6.07, 6.45) is 2.56. The molecule has 3 rings (SSSR count). The van der Waals surface area contributed by atoms with Gasteiger partial charge in [0.1, 0.15) is 0 Å². The van der Waals surface area contributed by atoms with Crippen LogP contribution in [0.5, 0.6) is 0 Å². The zero-order chi connectivity index (χ0) is 13.4. The molecule has 2 aliphatic rings. The van der Waals surface area contributed by atoms with Gasteiger partial charge >= 0.3 is 0 Å². The van der Waals surface area contributed by atoms with Gasteiger partial charge in [-0.15, -0.1) is 12.4 Å². The summed E-state index contributed by atoms with van der Waals surface area (Å²) in [4.78, 5) is 2.56. The van der Waals surface area contributed by atoms with Crippen LogP contribution in [-0.4, -0.2) is 30.6 Å². The lowest BCUT2D eigenvalue weighted by atomic mass is 9.91. The molecule has 2 nitrogen and oxygen atoms in total. The predicted molar refractivity (Wildman–Crippen MR) is 88.2 cm³/mol. The molecule has 2 aliphatic heterocycles. The molecule has 0 aromatic heterocycles. The maximum Gasteiger partial charge on any atom is 0.0468 e. The van der Waals surface area contributed by atoms with Crippen LogP contribution in [-0.2, 0) is 0 Å². The minimum absolute atomic E-state index is 0. The van der Waals surface area contributed by atoms with E-state index < -0.39 is 0 Å². The van der Waals surface area contributed by atoms with Crippen molar-refractivity contribution in [2.24, 2.45) is 5.92 Å². The van der Waals surface area contributed by atoms with Crippen LogP contribution in [0.1, 0.15) is 31.4 Å². The summed E-state index contributed by atoms with van der Waals surface area (Å²) in [5, 5.41) is 5.10. The Bertz CT molecular complexity index is 466. The summed E-state index contributed by atoms with van der Waals surface area (Å²) >= 11 is 12.3. The van der Waals surface area contributed by atoms with Crippen LogP contribution in [0.3, 0.4) is 0 Å². The normalized spacial score (nSPS) is 27.8. The molecule has 0 saturated carbocycles. The summed E-state index contributed by atoms with van der Waals surface area (Å²) in [5.74, 6) is 0.808. The third-order valence-electron chi connectivity index (χ3n) is 4.65. The molecule has 0 radical (unpaired) electrons. The highest BCUT2D eigenvalue weighted by Crippen LogP contribution is 2.34. The van der Waals surface area contributed by atoms with Crippen molar-refractivity contribution in [2.75, 3.05) is 19.6 Å². The highest BCUT2D eigenvalue weighted by Gasteiger charge is 2.34. The van der Waals surface area contributed by atoms with Crippen molar-refractivity contribution in [1.29, 1.82) is 0 Å². The van der Waals surface area contributed by atoms with E-state index in [1.807, 2.05) is 12.1 Å². The van der Waals surface area contributed by atoms with Crippen molar-refractivity contribution < 1.29 is 0 Å². The van der Waals surface area contributed by atoms with Crippen molar-refractivity contribution in [3.05, 3.63) is 33.8 Å². The van der Waals surface area contributed by atoms with Crippen LogP contribution >= 0.6 is 35.6 Å². The second kappa shape index (κ2) is 6.85. The van der Waals surface area contributed by atoms with Gasteiger partial charge < -0.3 is 5.32 Å². The van der Waals surface area contributed by atoms with E-state index in [2.05, 4.69) is 23.2 Å². The van der Waals surface area contributed by atoms with Crippen LogP contribution in [0.15, 0.2) is 18.2 Å². The first-order valence-electron chi connectivity index (χ1n) is 7.07. The number of hydrogen-bond donors (Lipinski definition) is 1. The average molecular weight is 336 g/mol. The Morgan fingerprint density at radius 1 is 1.30 bits per heavy atom. The van der Waals surface area contributed by atoms with Crippen molar-refractivity contribution in [2.45, 2.75) is 31.8 Å². The van der Waals surface area contributed by atoms with Crippen molar-refractivity contribution in [1.82, 2.24) is 10.2 Å². The highest BCUT2D eigenvalue weighted by atomic mass is 35.5. The smallest absolute Gasteiger partial charge is 0.0468 e. The van der Waals surface area contributed by atoms with Gasteiger partial charge in [0.05, 0.1) is 0 Å². The third-order valence-corrected chi connectivity index (χ3v) is 5.21. The van der Waals surface area contributed by atoms with Gasteiger partial charge in [-0.1, -0.05) is 29.3 Å². The maximum atomic E-state index is 6.33. The lowest BCUT2D eigenvalue weighted by Gasteiger charge is -2.39. The minimum atomic E-state index is 0. The predicted octanol–water partition coefficient (Wildman–Crippen LogP) is 4.16. The fraction of sp³-hybridized carbons (Fsp3) is 0.600. The fourth-order valence-electron chi connectivity index (χ4n) is 3.46. The maximum absolute atomic E-state index is 6.33. The van der Waals surface area contributed by atoms with E-state index in [9.17, 15) is 0 Å². The largest absolute Gasteiger partial charge is 0.314 e. The van der Waals surface area contributed by atoms with Crippen LogP contribution in [0.4, 0.5) is 0 Å². The summed E-state index contributed by atoms with van der Waals surface area (Å²) in [6.45, 7) is 5.75. The number of piperidine rings is 1. The van der Waals surface area contributed by atoms with Gasteiger partial charge in [0, 0.05) is 35.2 Å². The Kier molecular flexibility index (Phi) is 5.61. The number of benzene rings is 1. The molecule has 1 aromatic carbocycles. The molecule has 3 atom stereocenters. The summed E-state index contributed by atoms with van der Waals surface area (Å²) in [5.41, 5.74) is 1.19. The number of hydrogen-bond acceptors (Lipinski definition) is 2. The second-order valence-electron chi connectivity index (χ2n) is 5.73. The van der Waals surface area contributed by atoms with Crippen LogP contribution in [0, 0.1) is 5.92 Å². The standard InChI is InChI=1S/C15H20Cl2N2.ClH/c1-10(13-3-2-12(16)8-14(13)17)19-7-5-15-11(9-19)4-6-18-15;/h2-3,8,10-11,15,18H,4-7,9H2,1H3;1H. The molecule has 0 amide bonds. The van der Waals surface area contributed by atoms with Crippen molar-refractivity contribution in [3.8, 4) is 0 Å². The summed E-state index contributed by atoms with van der Waals surface area (Å²) in [7, 11) is 0. The highest BCUT2D eigenvalue weighted by molar-refractivity contribution is 6.35. The zero-order valence-corrected chi connectivity index (χ0v) is 13.9. The first-order valence-corrected chi connectivity index (χ1v) is 7.83. The molecule has 2 saturated heterocycles. The number of fused-ring (bicyclic) bond motifs is 1. The molecular formula is C15H21Cl3N2. The van der Waals surface area contributed by atoms with Gasteiger partial charge in [0.25, 0.3) is 0 Å². The molecule has 0 aliphatic carbocycles. The van der Waals surface area contributed by atoms with E-state index in [1.165, 1.54) is 31.5 Å². The van der Waals surface area contributed by atoms with E-state index in [1.54, 1.807) is 0 Å². The number of nitrogens with one attached hydrogen (secondary N) is 1. The summed E-state index contributed by atoms with van der Waals surface area (Å²) < 4.78 is 0. The molecule has 5 heteroatoms. The van der Waals surface area contributed by atoms with Crippen molar-refractivity contribution >= 4 is 35.6 Å². The lowest BCUT2D eigenvalue weighted by molar-refractivity contribution is 0.122. The molecular weight excluding hydrogens is 315 g/mol. The van der Waals surface area contributed by atoms with Crippen LogP contribution in [0.2, 0.25) is 10.0 Å². The van der Waals surface area contributed by atoms with Gasteiger partial charge in [0.2, 0.25) is 0 Å². The molecule has 1 N–H and O–H groups in total. The molecule has 0 bridgehead atoms. The van der Waals surface area contributed by atoms with E-state index in [-0.39, 0.29) is 12.4 Å². The Hall–Kier alpha value is 0.01000. The Morgan fingerprint density at radius 2 is 2.10 bits per heavy atom. The van der Waals surface area contributed by atoms with Gasteiger partial charge in [-0.05, 0) is 49.9 Å². The SMILES string of the molecule is CC(c1ccc(Cl)cc1Cl)N1CCC2NCCC2C1.Cl. The first kappa shape index (κ1) is 16.4. The number of likely N-dealkylation sites (tertiary alicyclic amines) is 1. The first-order chi connectivity index (χ1) is 9.15. The summed E-state index contributed by atoms with van der Waals surface area (Å²) in [6, 6.07) is 6.95. The quantitative estimate of drug-likeness (QED) is 0.873. The van der Waals surface area contributed by atoms with Gasteiger partial charge in [-0.3, -0.25) is 4.90 Å². The number of halogens is 3. The lowest BCUT2D eigenvalue weighted by Crippen LogP contribution is -2.45. The third kappa shape index (κ3) is 3.26. The van der Waals surface area contributed by atoms with Crippen LogP contribution in [0.25, 0.3) is 0 Å². The zero-order valence-electron chi connectivity index (χ0n) is 11.6. The second-order valence-corrected chi connectivity index (χ2v) is 6.58. The number of nitrogens with zero attached hydrogens (tertiary/aromatic N) is 1. The molecule has 2 heterocycles.